The van der Waals surface area contributed by atoms with Crippen LogP contribution in [0.4, 0.5) is 0 Å². The second-order valence-corrected chi connectivity index (χ2v) is 4.02. The lowest BCUT2D eigenvalue weighted by Crippen LogP contribution is -2.02. The molecule has 0 unspecified atom stereocenters. The number of carbonyl (C=O) groups is 1. The number of carboxylic acids is 1. The fraction of sp³-hybridized carbons (Fsp3) is 0.333. The number of rotatable bonds is 3. The molecule has 5 nitrogen and oxygen atoms in total. The molecule has 90 valence electrons. The smallest absolute Gasteiger partial charge is 0.309 e. The highest BCUT2D eigenvalue weighted by atomic mass is 16.4. The van der Waals surface area contributed by atoms with Crippen LogP contribution in [0.25, 0.3) is 11.5 Å². The van der Waals surface area contributed by atoms with E-state index in [1.165, 1.54) is 0 Å². The fourth-order valence-corrected chi connectivity index (χ4v) is 1.90. The molecule has 0 aliphatic rings. The van der Waals surface area contributed by atoms with Gasteiger partial charge in [0.05, 0.1) is 12.1 Å². The summed E-state index contributed by atoms with van der Waals surface area (Å²) in [4.78, 5) is 10.7. The van der Waals surface area contributed by atoms with Gasteiger partial charge >= 0.3 is 5.97 Å². The van der Waals surface area contributed by atoms with Crippen LogP contribution in [0.3, 0.4) is 0 Å². The zero-order valence-electron chi connectivity index (χ0n) is 10.0. The zero-order chi connectivity index (χ0) is 12.6. The van der Waals surface area contributed by atoms with Crippen molar-refractivity contribution >= 4 is 5.97 Å². The standard InChI is InChI=1S/C12H14N2O3/c1-7-4-5-10(17-7)12-8(2)9(6-11(15)16)13-14(12)3/h4-5H,6H2,1-3H3,(H,15,16). The molecule has 2 aromatic heterocycles. The van der Waals surface area contributed by atoms with Crippen molar-refractivity contribution in [3.8, 4) is 11.5 Å². The number of aromatic nitrogens is 2. The number of carboxylic acid groups (broad SMARTS) is 1. The van der Waals surface area contributed by atoms with Crippen LogP contribution in [-0.4, -0.2) is 20.9 Å². The normalized spacial score (nSPS) is 10.8. The number of aryl methyl sites for hydroxylation is 2. The van der Waals surface area contributed by atoms with E-state index in [0.717, 1.165) is 17.0 Å². The number of aliphatic carboxylic acids is 1. The number of furan rings is 1. The molecule has 1 N–H and O–H groups in total. The van der Waals surface area contributed by atoms with Crippen molar-refractivity contribution in [3.05, 3.63) is 29.2 Å². The molecule has 0 atom stereocenters. The lowest BCUT2D eigenvalue weighted by atomic mass is 10.1. The van der Waals surface area contributed by atoms with Crippen LogP contribution in [0, 0.1) is 13.8 Å². The molecule has 0 saturated heterocycles. The molecule has 0 aliphatic heterocycles. The van der Waals surface area contributed by atoms with E-state index >= 15 is 0 Å². The Hall–Kier alpha value is -2.04. The average Bonchev–Trinajstić information content (AvgIpc) is 2.72. The summed E-state index contributed by atoms with van der Waals surface area (Å²) in [5.74, 6) is 0.653. The van der Waals surface area contributed by atoms with Gasteiger partial charge in [0, 0.05) is 12.6 Å². The van der Waals surface area contributed by atoms with Crippen molar-refractivity contribution in [3.63, 3.8) is 0 Å². The molecule has 0 spiro atoms. The van der Waals surface area contributed by atoms with Crippen LogP contribution in [0.1, 0.15) is 17.0 Å². The molecule has 5 heteroatoms. The highest BCUT2D eigenvalue weighted by molar-refractivity contribution is 5.71. The van der Waals surface area contributed by atoms with Gasteiger partial charge in [0.25, 0.3) is 0 Å². The lowest BCUT2D eigenvalue weighted by molar-refractivity contribution is -0.136. The first-order chi connectivity index (χ1) is 7.99. The molecule has 0 radical (unpaired) electrons. The van der Waals surface area contributed by atoms with Gasteiger partial charge in [-0.2, -0.15) is 5.10 Å². The van der Waals surface area contributed by atoms with Gasteiger partial charge in [-0.05, 0) is 26.0 Å². The molecule has 0 bridgehead atoms. The first-order valence-corrected chi connectivity index (χ1v) is 5.30. The number of hydrogen-bond donors (Lipinski definition) is 1. The molecule has 0 fully saturated rings. The SMILES string of the molecule is Cc1ccc(-c2c(C)c(CC(=O)O)nn2C)o1. The maximum absolute atomic E-state index is 10.7. The van der Waals surface area contributed by atoms with Crippen LogP contribution in [0.5, 0.6) is 0 Å². The Labute approximate surface area is 98.7 Å². The quantitative estimate of drug-likeness (QED) is 0.881. The Morgan fingerprint density at radius 1 is 1.47 bits per heavy atom. The summed E-state index contributed by atoms with van der Waals surface area (Å²) in [6.07, 6.45) is -0.0701. The van der Waals surface area contributed by atoms with E-state index in [9.17, 15) is 4.79 Å². The van der Waals surface area contributed by atoms with Crippen molar-refractivity contribution in [1.82, 2.24) is 9.78 Å². The lowest BCUT2D eigenvalue weighted by Gasteiger charge is -1.99. The Kier molecular flexibility index (Phi) is 2.75. The van der Waals surface area contributed by atoms with Gasteiger partial charge in [0.15, 0.2) is 5.76 Å². The Balaban J connectivity index is 2.48. The Morgan fingerprint density at radius 2 is 2.18 bits per heavy atom. The van der Waals surface area contributed by atoms with Gasteiger partial charge < -0.3 is 9.52 Å². The Morgan fingerprint density at radius 3 is 2.71 bits per heavy atom. The van der Waals surface area contributed by atoms with Gasteiger partial charge in [-0.25, -0.2) is 0 Å². The van der Waals surface area contributed by atoms with E-state index < -0.39 is 5.97 Å². The molecule has 2 heterocycles. The number of hydrogen-bond acceptors (Lipinski definition) is 3. The van der Waals surface area contributed by atoms with E-state index in [1.807, 2.05) is 26.0 Å². The molecule has 0 aliphatic carbocycles. The summed E-state index contributed by atoms with van der Waals surface area (Å²) in [5.41, 5.74) is 2.25. The van der Waals surface area contributed by atoms with E-state index in [4.69, 9.17) is 9.52 Å². The minimum atomic E-state index is -0.881. The summed E-state index contributed by atoms with van der Waals surface area (Å²) < 4.78 is 7.20. The van der Waals surface area contributed by atoms with Gasteiger partial charge in [-0.15, -0.1) is 0 Å². The van der Waals surface area contributed by atoms with Crippen molar-refractivity contribution in [2.75, 3.05) is 0 Å². The summed E-state index contributed by atoms with van der Waals surface area (Å²) in [6, 6.07) is 3.74. The van der Waals surface area contributed by atoms with Gasteiger partial charge in [0.1, 0.15) is 11.5 Å². The molecular weight excluding hydrogens is 220 g/mol. The summed E-state index contributed by atoms with van der Waals surface area (Å²) in [7, 11) is 1.78. The van der Waals surface area contributed by atoms with Crippen LogP contribution in [-0.2, 0) is 18.3 Å². The summed E-state index contributed by atoms with van der Waals surface area (Å²) in [6.45, 7) is 3.73. The third-order valence-electron chi connectivity index (χ3n) is 2.67. The van der Waals surface area contributed by atoms with Crippen molar-refractivity contribution in [2.45, 2.75) is 20.3 Å². The molecule has 0 aromatic carbocycles. The highest BCUT2D eigenvalue weighted by Gasteiger charge is 2.18. The molecule has 17 heavy (non-hydrogen) atoms. The first-order valence-electron chi connectivity index (χ1n) is 5.30. The maximum Gasteiger partial charge on any atom is 0.309 e. The van der Waals surface area contributed by atoms with Crippen LogP contribution in [0.15, 0.2) is 16.5 Å². The minimum Gasteiger partial charge on any atom is -0.481 e. The second-order valence-electron chi connectivity index (χ2n) is 4.02. The van der Waals surface area contributed by atoms with Crippen molar-refractivity contribution < 1.29 is 14.3 Å². The fourth-order valence-electron chi connectivity index (χ4n) is 1.90. The van der Waals surface area contributed by atoms with Gasteiger partial charge in [0.2, 0.25) is 0 Å². The third kappa shape index (κ3) is 2.08. The summed E-state index contributed by atoms with van der Waals surface area (Å²) in [5, 5.41) is 13.0. The summed E-state index contributed by atoms with van der Waals surface area (Å²) >= 11 is 0. The average molecular weight is 234 g/mol. The van der Waals surface area contributed by atoms with Crippen LogP contribution < -0.4 is 0 Å². The third-order valence-corrected chi connectivity index (χ3v) is 2.67. The largest absolute Gasteiger partial charge is 0.481 e. The molecular formula is C12H14N2O3. The first kappa shape index (κ1) is 11.4. The van der Waals surface area contributed by atoms with E-state index in [-0.39, 0.29) is 6.42 Å². The minimum absolute atomic E-state index is 0.0701. The number of nitrogens with zero attached hydrogens (tertiary/aromatic N) is 2. The van der Waals surface area contributed by atoms with E-state index in [1.54, 1.807) is 11.7 Å². The van der Waals surface area contributed by atoms with E-state index in [2.05, 4.69) is 5.10 Å². The topological polar surface area (TPSA) is 68.3 Å². The second kappa shape index (κ2) is 4.08. The predicted octanol–water partition coefficient (Wildman–Crippen LogP) is 1.92. The highest BCUT2D eigenvalue weighted by Crippen LogP contribution is 2.27. The van der Waals surface area contributed by atoms with Crippen molar-refractivity contribution in [2.24, 2.45) is 7.05 Å². The maximum atomic E-state index is 10.7. The molecule has 2 rings (SSSR count). The van der Waals surface area contributed by atoms with Gasteiger partial charge in [-0.1, -0.05) is 0 Å². The van der Waals surface area contributed by atoms with Crippen molar-refractivity contribution in [1.29, 1.82) is 0 Å². The molecule has 0 saturated carbocycles. The zero-order valence-corrected chi connectivity index (χ0v) is 10.0. The molecule has 2 aromatic rings. The van der Waals surface area contributed by atoms with Gasteiger partial charge in [-0.3, -0.25) is 9.48 Å². The van der Waals surface area contributed by atoms with Crippen LogP contribution >= 0.6 is 0 Å². The Bertz CT molecular complexity index is 566. The molecule has 0 amide bonds. The predicted molar refractivity (Wildman–Crippen MR) is 61.7 cm³/mol. The van der Waals surface area contributed by atoms with E-state index in [0.29, 0.717) is 11.5 Å². The monoisotopic (exact) mass is 234 g/mol. The van der Waals surface area contributed by atoms with Crippen LogP contribution in [0.2, 0.25) is 0 Å².